The molecule has 0 aliphatic carbocycles. The first-order valence-corrected chi connectivity index (χ1v) is 6.65. The minimum absolute atomic E-state index is 0.157. The number of urea groups is 1. The van der Waals surface area contributed by atoms with Crippen molar-refractivity contribution in [3.8, 4) is 17.3 Å². The maximum absolute atomic E-state index is 11.2. The first-order chi connectivity index (χ1) is 10.6. The van der Waals surface area contributed by atoms with Crippen molar-refractivity contribution >= 4 is 23.4 Å². The van der Waals surface area contributed by atoms with Crippen molar-refractivity contribution in [1.29, 1.82) is 0 Å². The number of carbonyl (C=O) groups is 1. The van der Waals surface area contributed by atoms with Crippen molar-refractivity contribution < 1.29 is 9.32 Å². The van der Waals surface area contributed by atoms with E-state index in [1.54, 1.807) is 19.1 Å². The van der Waals surface area contributed by atoms with Crippen LogP contribution in [0.3, 0.4) is 0 Å². The van der Waals surface area contributed by atoms with E-state index in [1.807, 2.05) is 18.2 Å². The molecular weight excluding hydrogens is 308 g/mol. The van der Waals surface area contributed by atoms with Gasteiger partial charge < -0.3 is 10.3 Å². The van der Waals surface area contributed by atoms with Gasteiger partial charge in [0.15, 0.2) is 17.3 Å². The third-order valence-corrected chi connectivity index (χ3v) is 3.16. The molecule has 2 amide bonds. The summed E-state index contributed by atoms with van der Waals surface area (Å²) in [5, 5.41) is 10.6. The Hall–Kier alpha value is -2.87. The number of nitrogens with zero attached hydrogens (tertiary/aromatic N) is 4. The van der Waals surface area contributed by atoms with Crippen molar-refractivity contribution in [2.24, 2.45) is 5.73 Å². The van der Waals surface area contributed by atoms with Crippen LogP contribution in [0.4, 0.5) is 10.6 Å². The Morgan fingerprint density at radius 1 is 1.36 bits per heavy atom. The van der Waals surface area contributed by atoms with E-state index in [1.165, 1.54) is 4.68 Å². The molecule has 2 aromatic heterocycles. The summed E-state index contributed by atoms with van der Waals surface area (Å²) in [6.07, 6.45) is 0. The molecule has 0 unspecified atom stereocenters. The Balaban J connectivity index is 2.18. The summed E-state index contributed by atoms with van der Waals surface area (Å²) < 4.78 is 6.52. The molecular formula is C13H11ClN6O2. The van der Waals surface area contributed by atoms with E-state index in [-0.39, 0.29) is 22.4 Å². The average Bonchev–Trinajstić information content (AvgIpc) is 3.05. The predicted octanol–water partition coefficient (Wildman–Crippen LogP) is 2.37. The van der Waals surface area contributed by atoms with Crippen LogP contribution in [-0.4, -0.2) is 26.0 Å². The zero-order valence-electron chi connectivity index (χ0n) is 11.4. The largest absolute Gasteiger partial charge is 0.351 e. The summed E-state index contributed by atoms with van der Waals surface area (Å²) in [5.41, 5.74) is 6.14. The molecule has 0 atom stereocenters. The Bertz CT molecular complexity index is 826. The van der Waals surface area contributed by atoms with Crippen molar-refractivity contribution in [1.82, 2.24) is 19.9 Å². The first-order valence-electron chi connectivity index (χ1n) is 6.27. The van der Waals surface area contributed by atoms with Crippen LogP contribution in [0.5, 0.6) is 0 Å². The van der Waals surface area contributed by atoms with E-state index in [9.17, 15) is 4.79 Å². The molecule has 0 spiro atoms. The Morgan fingerprint density at radius 3 is 2.68 bits per heavy atom. The van der Waals surface area contributed by atoms with E-state index in [0.29, 0.717) is 11.5 Å². The van der Waals surface area contributed by atoms with Crippen molar-refractivity contribution in [2.45, 2.75) is 6.92 Å². The second-order valence-corrected chi connectivity index (χ2v) is 4.77. The van der Waals surface area contributed by atoms with Gasteiger partial charge in [0.1, 0.15) is 5.02 Å². The number of carbonyl (C=O) groups excluding carboxylic acids is 1. The van der Waals surface area contributed by atoms with E-state index >= 15 is 0 Å². The number of anilines is 1. The lowest BCUT2D eigenvalue weighted by Crippen LogP contribution is -2.21. The summed E-state index contributed by atoms with van der Waals surface area (Å²) >= 11 is 6.29. The molecule has 9 heteroatoms. The molecule has 0 aliphatic heterocycles. The fourth-order valence-electron chi connectivity index (χ4n) is 1.91. The van der Waals surface area contributed by atoms with Gasteiger partial charge in [0.2, 0.25) is 0 Å². The van der Waals surface area contributed by atoms with Crippen LogP contribution in [0.15, 0.2) is 34.9 Å². The standard InChI is InChI=1S/C13H11ClN6O2/c1-7-16-12(22-19-7)10-9(14)11(17-13(15)21)20(18-10)8-5-3-2-4-6-8/h2-6H,1H3,(H3,15,17,21). The van der Waals surface area contributed by atoms with Crippen molar-refractivity contribution in [3.63, 3.8) is 0 Å². The van der Waals surface area contributed by atoms with E-state index in [4.69, 9.17) is 21.9 Å². The van der Waals surface area contributed by atoms with Crippen LogP contribution < -0.4 is 11.1 Å². The number of rotatable bonds is 3. The molecule has 1 aromatic carbocycles. The van der Waals surface area contributed by atoms with E-state index in [2.05, 4.69) is 20.6 Å². The number of hydrogen-bond acceptors (Lipinski definition) is 5. The lowest BCUT2D eigenvalue weighted by atomic mass is 10.3. The second-order valence-electron chi connectivity index (χ2n) is 4.39. The molecule has 0 bridgehead atoms. The highest BCUT2D eigenvalue weighted by Crippen LogP contribution is 2.34. The lowest BCUT2D eigenvalue weighted by molar-refractivity contribution is 0.259. The van der Waals surface area contributed by atoms with E-state index < -0.39 is 6.03 Å². The van der Waals surface area contributed by atoms with Gasteiger partial charge in [-0.15, -0.1) is 0 Å². The van der Waals surface area contributed by atoms with Gasteiger partial charge in [0.05, 0.1) is 5.69 Å². The summed E-state index contributed by atoms with van der Waals surface area (Å²) in [6, 6.07) is 8.37. The maximum atomic E-state index is 11.2. The lowest BCUT2D eigenvalue weighted by Gasteiger charge is -2.07. The topological polar surface area (TPSA) is 112 Å². The molecule has 0 fully saturated rings. The van der Waals surface area contributed by atoms with Gasteiger partial charge in [-0.05, 0) is 19.1 Å². The Labute approximate surface area is 129 Å². The number of aromatic nitrogens is 4. The first kappa shape index (κ1) is 14.1. The zero-order chi connectivity index (χ0) is 15.7. The minimum atomic E-state index is -0.757. The summed E-state index contributed by atoms with van der Waals surface area (Å²) in [4.78, 5) is 15.3. The summed E-state index contributed by atoms with van der Waals surface area (Å²) in [5.74, 6) is 0.834. The van der Waals surface area contributed by atoms with Gasteiger partial charge in [-0.3, -0.25) is 5.32 Å². The van der Waals surface area contributed by atoms with Crippen LogP contribution in [0, 0.1) is 6.92 Å². The quantitative estimate of drug-likeness (QED) is 0.770. The van der Waals surface area contributed by atoms with Crippen LogP contribution in [0.1, 0.15) is 5.82 Å². The van der Waals surface area contributed by atoms with Gasteiger partial charge in [-0.2, -0.15) is 10.1 Å². The van der Waals surface area contributed by atoms with Gasteiger partial charge in [-0.1, -0.05) is 35.0 Å². The van der Waals surface area contributed by atoms with Crippen LogP contribution in [0.25, 0.3) is 17.3 Å². The van der Waals surface area contributed by atoms with Gasteiger partial charge >= 0.3 is 6.03 Å². The smallest absolute Gasteiger partial charge is 0.317 e. The van der Waals surface area contributed by atoms with Crippen molar-refractivity contribution in [3.05, 3.63) is 41.2 Å². The number of benzene rings is 1. The summed E-state index contributed by atoms with van der Waals surface area (Å²) in [6.45, 7) is 1.68. The normalized spacial score (nSPS) is 10.6. The molecule has 0 aliphatic rings. The van der Waals surface area contributed by atoms with Crippen LogP contribution >= 0.6 is 11.6 Å². The maximum Gasteiger partial charge on any atom is 0.317 e. The van der Waals surface area contributed by atoms with E-state index in [0.717, 1.165) is 0 Å². The zero-order valence-corrected chi connectivity index (χ0v) is 12.2. The number of nitrogens with one attached hydrogen (secondary N) is 1. The number of nitrogens with two attached hydrogens (primary N) is 1. The molecule has 112 valence electrons. The number of aryl methyl sites for hydroxylation is 1. The molecule has 0 radical (unpaired) electrons. The monoisotopic (exact) mass is 318 g/mol. The third kappa shape index (κ3) is 2.51. The molecule has 3 rings (SSSR count). The Kier molecular flexibility index (Phi) is 3.51. The van der Waals surface area contributed by atoms with Gasteiger partial charge in [0, 0.05) is 0 Å². The summed E-state index contributed by atoms with van der Waals surface area (Å²) in [7, 11) is 0. The second kappa shape index (κ2) is 5.49. The van der Waals surface area contributed by atoms with Gasteiger partial charge in [-0.25, -0.2) is 9.48 Å². The van der Waals surface area contributed by atoms with Gasteiger partial charge in [0.25, 0.3) is 5.89 Å². The number of halogens is 1. The number of primary amides is 1. The molecule has 2 heterocycles. The highest BCUT2D eigenvalue weighted by molar-refractivity contribution is 6.35. The number of amides is 2. The number of para-hydroxylation sites is 1. The van der Waals surface area contributed by atoms with Crippen molar-refractivity contribution in [2.75, 3.05) is 5.32 Å². The molecule has 8 nitrogen and oxygen atoms in total. The molecule has 0 saturated carbocycles. The Morgan fingerprint density at radius 2 is 2.09 bits per heavy atom. The highest BCUT2D eigenvalue weighted by Gasteiger charge is 2.23. The SMILES string of the molecule is Cc1noc(-c2nn(-c3ccccc3)c(NC(N)=O)c2Cl)n1. The molecule has 3 N–H and O–H groups in total. The molecule has 3 aromatic rings. The molecule has 0 saturated heterocycles. The minimum Gasteiger partial charge on any atom is -0.351 e. The fourth-order valence-corrected chi connectivity index (χ4v) is 2.16. The fraction of sp³-hybridized carbons (Fsp3) is 0.0769. The third-order valence-electron chi connectivity index (χ3n) is 2.80. The highest BCUT2D eigenvalue weighted by atomic mass is 35.5. The average molecular weight is 319 g/mol. The van der Waals surface area contributed by atoms with Crippen LogP contribution in [-0.2, 0) is 0 Å². The van der Waals surface area contributed by atoms with Crippen LogP contribution in [0.2, 0.25) is 5.02 Å². The molecule has 22 heavy (non-hydrogen) atoms. The number of hydrogen-bond donors (Lipinski definition) is 2. The predicted molar refractivity (Wildman–Crippen MR) is 79.8 cm³/mol.